The SMILES string of the molecule is COc1ccccc1NC(=O)c1c[nH]c2cc(F)cc(F)c2c1=O. The van der Waals surface area contributed by atoms with Gasteiger partial charge in [-0.2, -0.15) is 0 Å². The number of anilines is 1. The summed E-state index contributed by atoms with van der Waals surface area (Å²) in [7, 11) is 1.44. The maximum absolute atomic E-state index is 13.9. The molecule has 0 bridgehead atoms. The van der Waals surface area contributed by atoms with Gasteiger partial charge in [-0.3, -0.25) is 9.59 Å². The van der Waals surface area contributed by atoms with Gasteiger partial charge in [0.05, 0.1) is 23.7 Å². The molecule has 1 amide bonds. The van der Waals surface area contributed by atoms with Crippen LogP contribution in [0.25, 0.3) is 10.9 Å². The average molecular weight is 330 g/mol. The van der Waals surface area contributed by atoms with E-state index in [1.165, 1.54) is 7.11 Å². The Bertz CT molecular complexity index is 999. The molecule has 0 radical (unpaired) electrons. The number of fused-ring (bicyclic) bond motifs is 1. The monoisotopic (exact) mass is 330 g/mol. The third-order valence-electron chi connectivity index (χ3n) is 3.50. The molecule has 0 saturated carbocycles. The van der Waals surface area contributed by atoms with E-state index in [0.717, 1.165) is 12.3 Å². The molecule has 122 valence electrons. The number of para-hydroxylation sites is 2. The van der Waals surface area contributed by atoms with Crippen LogP contribution in [0.1, 0.15) is 10.4 Å². The van der Waals surface area contributed by atoms with E-state index in [1.807, 2.05) is 0 Å². The number of ether oxygens (including phenoxy) is 1. The summed E-state index contributed by atoms with van der Waals surface area (Å²) >= 11 is 0. The standard InChI is InChI=1S/C17H12F2N2O3/c1-24-14-5-3-2-4-12(14)21-17(23)10-8-20-13-7-9(18)6-11(19)15(13)16(10)22/h2-8H,1H3,(H,20,22)(H,21,23). The number of H-pyrrole nitrogens is 1. The first-order valence-corrected chi connectivity index (χ1v) is 6.96. The van der Waals surface area contributed by atoms with Gasteiger partial charge in [-0.15, -0.1) is 0 Å². The van der Waals surface area contributed by atoms with Crippen LogP contribution in [0.15, 0.2) is 47.4 Å². The molecule has 0 aliphatic rings. The zero-order valence-corrected chi connectivity index (χ0v) is 12.5. The van der Waals surface area contributed by atoms with Crippen molar-refractivity contribution < 1.29 is 18.3 Å². The second-order valence-corrected chi connectivity index (χ2v) is 5.00. The van der Waals surface area contributed by atoms with E-state index in [2.05, 4.69) is 10.3 Å². The Kier molecular flexibility index (Phi) is 3.99. The van der Waals surface area contributed by atoms with Crippen molar-refractivity contribution in [3.05, 3.63) is 70.0 Å². The molecule has 0 spiro atoms. The lowest BCUT2D eigenvalue weighted by Crippen LogP contribution is -2.22. The van der Waals surface area contributed by atoms with Gasteiger partial charge in [0.25, 0.3) is 5.91 Å². The Morgan fingerprint density at radius 1 is 1.21 bits per heavy atom. The maximum Gasteiger partial charge on any atom is 0.261 e. The van der Waals surface area contributed by atoms with E-state index in [0.29, 0.717) is 17.5 Å². The molecule has 3 aromatic rings. The molecule has 7 heteroatoms. The molecule has 2 N–H and O–H groups in total. The van der Waals surface area contributed by atoms with Crippen molar-refractivity contribution >= 4 is 22.5 Å². The van der Waals surface area contributed by atoms with Crippen LogP contribution in [0, 0.1) is 11.6 Å². The number of pyridine rings is 1. The van der Waals surface area contributed by atoms with Crippen molar-refractivity contribution in [3.63, 3.8) is 0 Å². The van der Waals surface area contributed by atoms with Crippen molar-refractivity contribution in [3.8, 4) is 5.75 Å². The number of nitrogens with one attached hydrogen (secondary N) is 2. The van der Waals surface area contributed by atoms with Gasteiger partial charge >= 0.3 is 0 Å². The normalized spacial score (nSPS) is 10.6. The van der Waals surface area contributed by atoms with Crippen LogP contribution in [0.5, 0.6) is 5.75 Å². The predicted octanol–water partition coefficient (Wildman–Crippen LogP) is 3.07. The highest BCUT2D eigenvalue weighted by Gasteiger charge is 2.17. The number of rotatable bonds is 3. The van der Waals surface area contributed by atoms with Crippen molar-refractivity contribution in [1.82, 2.24) is 4.98 Å². The molecule has 0 atom stereocenters. The summed E-state index contributed by atoms with van der Waals surface area (Å²) in [6.07, 6.45) is 1.12. The van der Waals surface area contributed by atoms with Crippen LogP contribution in [0.3, 0.4) is 0 Å². The molecule has 2 aromatic carbocycles. The number of hydrogen-bond donors (Lipinski definition) is 2. The van der Waals surface area contributed by atoms with Gasteiger partial charge in [0.2, 0.25) is 5.43 Å². The Morgan fingerprint density at radius 3 is 2.71 bits per heavy atom. The molecule has 0 saturated heterocycles. The molecule has 0 aliphatic carbocycles. The number of carbonyl (C=O) groups excluding carboxylic acids is 1. The molecule has 1 aromatic heterocycles. The fourth-order valence-corrected chi connectivity index (χ4v) is 2.37. The van der Waals surface area contributed by atoms with Gasteiger partial charge in [-0.25, -0.2) is 8.78 Å². The van der Waals surface area contributed by atoms with E-state index in [4.69, 9.17) is 4.74 Å². The van der Waals surface area contributed by atoms with E-state index in [-0.39, 0.29) is 16.5 Å². The molecule has 0 aliphatic heterocycles. The number of benzene rings is 2. The number of hydrogen-bond acceptors (Lipinski definition) is 3. The Hall–Kier alpha value is -3.22. The van der Waals surface area contributed by atoms with E-state index in [1.54, 1.807) is 24.3 Å². The third-order valence-corrected chi connectivity index (χ3v) is 3.50. The summed E-state index contributed by atoms with van der Waals surface area (Å²) < 4.78 is 32.2. The number of aromatic amines is 1. The first-order chi connectivity index (χ1) is 11.5. The molecule has 24 heavy (non-hydrogen) atoms. The largest absolute Gasteiger partial charge is 0.495 e. The summed E-state index contributed by atoms with van der Waals surface area (Å²) in [6, 6.07) is 8.23. The van der Waals surface area contributed by atoms with Gasteiger partial charge in [0.1, 0.15) is 22.9 Å². The summed E-state index contributed by atoms with van der Waals surface area (Å²) in [5.74, 6) is -2.16. The minimum atomic E-state index is -1.03. The summed E-state index contributed by atoms with van der Waals surface area (Å²) in [5.41, 5.74) is -0.775. The van der Waals surface area contributed by atoms with E-state index >= 15 is 0 Å². The van der Waals surface area contributed by atoms with Crippen LogP contribution in [-0.4, -0.2) is 18.0 Å². The Morgan fingerprint density at radius 2 is 1.96 bits per heavy atom. The van der Waals surface area contributed by atoms with Crippen LogP contribution < -0.4 is 15.5 Å². The fraction of sp³-hybridized carbons (Fsp3) is 0.0588. The topological polar surface area (TPSA) is 71.2 Å². The molecule has 0 unspecified atom stereocenters. The van der Waals surface area contributed by atoms with Crippen LogP contribution in [-0.2, 0) is 0 Å². The first kappa shape index (κ1) is 15.7. The van der Waals surface area contributed by atoms with Crippen LogP contribution in [0.2, 0.25) is 0 Å². The first-order valence-electron chi connectivity index (χ1n) is 6.96. The Balaban J connectivity index is 2.05. The zero-order valence-electron chi connectivity index (χ0n) is 12.5. The second-order valence-electron chi connectivity index (χ2n) is 5.00. The third kappa shape index (κ3) is 2.71. The van der Waals surface area contributed by atoms with Crippen molar-refractivity contribution in [2.45, 2.75) is 0 Å². The highest BCUT2D eigenvalue weighted by Crippen LogP contribution is 2.23. The van der Waals surface area contributed by atoms with E-state index in [9.17, 15) is 18.4 Å². The second kappa shape index (κ2) is 6.11. The molecule has 0 fully saturated rings. The Labute approximate surface area is 134 Å². The van der Waals surface area contributed by atoms with Gasteiger partial charge in [-0.1, -0.05) is 12.1 Å². The lowest BCUT2D eigenvalue weighted by Gasteiger charge is -2.10. The molecule has 1 heterocycles. The summed E-state index contributed by atoms with van der Waals surface area (Å²) in [5, 5.41) is 2.16. The summed E-state index contributed by atoms with van der Waals surface area (Å²) in [6.45, 7) is 0. The maximum atomic E-state index is 13.9. The average Bonchev–Trinajstić information content (AvgIpc) is 2.54. The molecule has 5 nitrogen and oxygen atoms in total. The smallest absolute Gasteiger partial charge is 0.261 e. The predicted molar refractivity (Wildman–Crippen MR) is 85.4 cm³/mol. The molecular weight excluding hydrogens is 318 g/mol. The lowest BCUT2D eigenvalue weighted by atomic mass is 10.1. The van der Waals surface area contributed by atoms with Gasteiger partial charge in [0.15, 0.2) is 0 Å². The highest BCUT2D eigenvalue weighted by molar-refractivity contribution is 6.06. The molecular formula is C17H12F2N2O3. The lowest BCUT2D eigenvalue weighted by molar-refractivity contribution is 0.102. The van der Waals surface area contributed by atoms with Crippen LogP contribution in [0.4, 0.5) is 14.5 Å². The zero-order chi connectivity index (χ0) is 17.3. The van der Waals surface area contributed by atoms with E-state index < -0.39 is 23.0 Å². The fourth-order valence-electron chi connectivity index (χ4n) is 2.37. The number of halogens is 2. The summed E-state index contributed by atoms with van der Waals surface area (Å²) in [4.78, 5) is 27.3. The van der Waals surface area contributed by atoms with Gasteiger partial charge in [0, 0.05) is 12.3 Å². The van der Waals surface area contributed by atoms with Crippen molar-refractivity contribution in [2.24, 2.45) is 0 Å². The quantitative estimate of drug-likeness (QED) is 0.775. The number of methoxy groups -OCH3 is 1. The number of aromatic nitrogens is 1. The number of carbonyl (C=O) groups is 1. The van der Waals surface area contributed by atoms with Crippen LogP contribution >= 0.6 is 0 Å². The van der Waals surface area contributed by atoms with Crippen molar-refractivity contribution in [2.75, 3.05) is 12.4 Å². The van der Waals surface area contributed by atoms with Gasteiger partial charge < -0.3 is 15.0 Å². The molecule has 3 rings (SSSR count). The van der Waals surface area contributed by atoms with Gasteiger partial charge in [-0.05, 0) is 18.2 Å². The van der Waals surface area contributed by atoms with Crippen molar-refractivity contribution in [1.29, 1.82) is 0 Å². The minimum absolute atomic E-state index is 0.0219. The number of amides is 1. The highest BCUT2D eigenvalue weighted by atomic mass is 19.1. The minimum Gasteiger partial charge on any atom is -0.495 e.